The molecule has 3 rings (SSSR count). The van der Waals surface area contributed by atoms with E-state index in [-0.39, 0.29) is 5.43 Å². The van der Waals surface area contributed by atoms with Crippen LogP contribution in [0.1, 0.15) is 5.56 Å². The average Bonchev–Trinajstić information content (AvgIpc) is 2.40. The molecule has 0 aliphatic rings. The Balaban J connectivity index is 2.38. The summed E-state index contributed by atoms with van der Waals surface area (Å²) in [4.78, 5) is 12.3. The maximum atomic E-state index is 12.3. The van der Waals surface area contributed by atoms with Gasteiger partial charge >= 0.3 is 0 Å². The lowest BCUT2D eigenvalue weighted by Crippen LogP contribution is -2.02. The largest absolute Gasteiger partial charge is 0.456 e. The molecule has 1 aromatic heterocycles. The van der Waals surface area contributed by atoms with Gasteiger partial charge in [0.15, 0.2) is 0 Å². The van der Waals surface area contributed by atoms with E-state index in [2.05, 4.69) is 0 Å². The summed E-state index contributed by atoms with van der Waals surface area (Å²) in [5, 5.41) is 1.21. The highest BCUT2D eigenvalue weighted by Crippen LogP contribution is 2.19. The SMILES string of the molecule is COCc1ccc2oc3ccccc3c(=O)c2c1. The second kappa shape index (κ2) is 4.27. The van der Waals surface area contributed by atoms with Gasteiger partial charge in [0, 0.05) is 7.11 Å². The average molecular weight is 240 g/mol. The molecule has 3 aromatic rings. The summed E-state index contributed by atoms with van der Waals surface area (Å²) in [5.41, 5.74) is 2.20. The fraction of sp³-hybridized carbons (Fsp3) is 0.133. The zero-order valence-corrected chi connectivity index (χ0v) is 9.97. The summed E-state index contributed by atoms with van der Waals surface area (Å²) in [7, 11) is 1.63. The summed E-state index contributed by atoms with van der Waals surface area (Å²) < 4.78 is 10.8. The minimum absolute atomic E-state index is 0.00445. The fourth-order valence-electron chi connectivity index (χ4n) is 2.11. The standard InChI is InChI=1S/C15H12O3/c1-17-9-10-6-7-14-12(8-10)15(16)11-4-2-3-5-13(11)18-14/h2-8H,9H2,1H3. The number of hydrogen-bond acceptors (Lipinski definition) is 3. The predicted octanol–water partition coefficient (Wildman–Crippen LogP) is 3.09. The Bertz CT molecular complexity index is 771. The first-order valence-electron chi connectivity index (χ1n) is 5.73. The van der Waals surface area contributed by atoms with Crippen molar-refractivity contribution in [2.24, 2.45) is 0 Å². The predicted molar refractivity (Wildman–Crippen MR) is 70.7 cm³/mol. The van der Waals surface area contributed by atoms with E-state index in [9.17, 15) is 4.79 Å². The van der Waals surface area contributed by atoms with E-state index in [1.54, 1.807) is 19.2 Å². The van der Waals surface area contributed by atoms with Crippen molar-refractivity contribution < 1.29 is 9.15 Å². The van der Waals surface area contributed by atoms with E-state index in [4.69, 9.17) is 9.15 Å². The second-order valence-electron chi connectivity index (χ2n) is 4.19. The number of methoxy groups -OCH3 is 1. The Morgan fingerprint density at radius 2 is 1.83 bits per heavy atom. The third-order valence-corrected chi connectivity index (χ3v) is 2.95. The van der Waals surface area contributed by atoms with Crippen LogP contribution in [0, 0.1) is 0 Å². The molecule has 0 saturated heterocycles. The lowest BCUT2D eigenvalue weighted by atomic mass is 10.1. The normalized spacial score (nSPS) is 11.2. The van der Waals surface area contributed by atoms with Crippen LogP contribution >= 0.6 is 0 Å². The molecule has 0 atom stereocenters. The van der Waals surface area contributed by atoms with Crippen LogP contribution in [0.15, 0.2) is 51.7 Å². The van der Waals surface area contributed by atoms with Gasteiger partial charge in [0.2, 0.25) is 5.43 Å². The third kappa shape index (κ3) is 1.69. The van der Waals surface area contributed by atoms with Gasteiger partial charge < -0.3 is 9.15 Å². The summed E-state index contributed by atoms with van der Waals surface area (Å²) in [6, 6.07) is 12.8. The monoisotopic (exact) mass is 240 g/mol. The minimum Gasteiger partial charge on any atom is -0.456 e. The van der Waals surface area contributed by atoms with E-state index in [0.29, 0.717) is 28.5 Å². The Hall–Kier alpha value is -2.13. The molecule has 0 bridgehead atoms. The molecule has 0 radical (unpaired) electrons. The quantitative estimate of drug-likeness (QED) is 0.646. The highest BCUT2D eigenvalue weighted by atomic mass is 16.5. The number of benzene rings is 2. The number of rotatable bonds is 2. The molecular formula is C15H12O3. The smallest absolute Gasteiger partial charge is 0.200 e. The number of fused-ring (bicyclic) bond motifs is 2. The van der Waals surface area contributed by atoms with Crippen LogP contribution in [0.25, 0.3) is 21.9 Å². The summed E-state index contributed by atoms with van der Waals surface area (Å²) in [6.07, 6.45) is 0. The summed E-state index contributed by atoms with van der Waals surface area (Å²) in [5.74, 6) is 0. The first kappa shape index (κ1) is 11.0. The van der Waals surface area contributed by atoms with Gasteiger partial charge in [-0.1, -0.05) is 18.2 Å². The van der Waals surface area contributed by atoms with Gasteiger partial charge in [0.1, 0.15) is 11.2 Å². The summed E-state index contributed by atoms with van der Waals surface area (Å²) >= 11 is 0. The topological polar surface area (TPSA) is 39.4 Å². The van der Waals surface area contributed by atoms with E-state index < -0.39 is 0 Å². The van der Waals surface area contributed by atoms with Crippen molar-refractivity contribution in [3.63, 3.8) is 0 Å². The van der Waals surface area contributed by atoms with Crippen LogP contribution in [-0.2, 0) is 11.3 Å². The van der Waals surface area contributed by atoms with Crippen molar-refractivity contribution >= 4 is 21.9 Å². The van der Waals surface area contributed by atoms with Crippen LogP contribution in [-0.4, -0.2) is 7.11 Å². The third-order valence-electron chi connectivity index (χ3n) is 2.95. The van der Waals surface area contributed by atoms with Crippen molar-refractivity contribution in [2.45, 2.75) is 6.61 Å². The maximum absolute atomic E-state index is 12.3. The molecule has 0 aliphatic heterocycles. The maximum Gasteiger partial charge on any atom is 0.200 e. The van der Waals surface area contributed by atoms with Crippen molar-refractivity contribution in [1.29, 1.82) is 0 Å². The van der Waals surface area contributed by atoms with Gasteiger partial charge in [0.05, 0.1) is 17.4 Å². The van der Waals surface area contributed by atoms with E-state index in [0.717, 1.165) is 5.56 Å². The molecule has 0 spiro atoms. The molecule has 0 N–H and O–H groups in total. The Morgan fingerprint density at radius 3 is 2.67 bits per heavy atom. The molecule has 0 fully saturated rings. The lowest BCUT2D eigenvalue weighted by Gasteiger charge is -2.03. The lowest BCUT2D eigenvalue weighted by molar-refractivity contribution is 0.185. The highest BCUT2D eigenvalue weighted by molar-refractivity contribution is 5.89. The van der Waals surface area contributed by atoms with Gasteiger partial charge in [-0.05, 0) is 29.8 Å². The van der Waals surface area contributed by atoms with Crippen molar-refractivity contribution in [2.75, 3.05) is 7.11 Å². The van der Waals surface area contributed by atoms with Gasteiger partial charge in [0.25, 0.3) is 0 Å². The van der Waals surface area contributed by atoms with E-state index in [1.165, 1.54) is 0 Å². The number of ether oxygens (including phenoxy) is 1. The molecule has 90 valence electrons. The van der Waals surface area contributed by atoms with Gasteiger partial charge in [-0.3, -0.25) is 4.79 Å². The number of para-hydroxylation sites is 1. The Kier molecular flexibility index (Phi) is 2.61. The van der Waals surface area contributed by atoms with Crippen LogP contribution in [0.2, 0.25) is 0 Å². The minimum atomic E-state index is 0.00445. The van der Waals surface area contributed by atoms with Crippen molar-refractivity contribution in [3.05, 3.63) is 58.3 Å². The van der Waals surface area contributed by atoms with Crippen LogP contribution in [0.5, 0.6) is 0 Å². The highest BCUT2D eigenvalue weighted by Gasteiger charge is 2.07. The zero-order chi connectivity index (χ0) is 12.5. The molecule has 3 heteroatoms. The van der Waals surface area contributed by atoms with E-state index >= 15 is 0 Å². The molecule has 0 amide bonds. The first-order valence-corrected chi connectivity index (χ1v) is 5.73. The van der Waals surface area contributed by atoms with Crippen LogP contribution < -0.4 is 5.43 Å². The second-order valence-corrected chi connectivity index (χ2v) is 4.19. The number of hydrogen-bond donors (Lipinski definition) is 0. The van der Waals surface area contributed by atoms with Crippen molar-refractivity contribution in [3.8, 4) is 0 Å². The summed E-state index contributed by atoms with van der Waals surface area (Å²) in [6.45, 7) is 0.488. The van der Waals surface area contributed by atoms with Crippen LogP contribution in [0.4, 0.5) is 0 Å². The molecule has 0 unspecified atom stereocenters. The van der Waals surface area contributed by atoms with Crippen molar-refractivity contribution in [1.82, 2.24) is 0 Å². The molecule has 1 heterocycles. The molecule has 18 heavy (non-hydrogen) atoms. The Morgan fingerprint density at radius 1 is 1.06 bits per heavy atom. The van der Waals surface area contributed by atoms with Gasteiger partial charge in [-0.2, -0.15) is 0 Å². The zero-order valence-electron chi connectivity index (χ0n) is 9.97. The van der Waals surface area contributed by atoms with Crippen LogP contribution in [0.3, 0.4) is 0 Å². The molecule has 2 aromatic carbocycles. The molecule has 3 nitrogen and oxygen atoms in total. The fourth-order valence-corrected chi connectivity index (χ4v) is 2.11. The molecule has 0 aliphatic carbocycles. The molecular weight excluding hydrogens is 228 g/mol. The van der Waals surface area contributed by atoms with Gasteiger partial charge in [-0.15, -0.1) is 0 Å². The van der Waals surface area contributed by atoms with E-state index in [1.807, 2.05) is 30.3 Å². The first-order chi connectivity index (χ1) is 8.79. The molecule has 0 saturated carbocycles. The van der Waals surface area contributed by atoms with Gasteiger partial charge in [-0.25, -0.2) is 0 Å². The Labute approximate surface area is 104 Å².